The van der Waals surface area contributed by atoms with Gasteiger partial charge in [-0.25, -0.2) is 12.8 Å². The maximum absolute atomic E-state index is 13.3. The van der Waals surface area contributed by atoms with Crippen molar-refractivity contribution in [1.29, 1.82) is 0 Å². The molecular formula is C12H11BrFN3O2S. The lowest BCUT2D eigenvalue weighted by Crippen LogP contribution is -2.27. The number of pyridine rings is 1. The normalized spacial score (nSPS) is 11.3. The smallest absolute Gasteiger partial charge is 0.266 e. The molecular weight excluding hydrogens is 349 g/mol. The van der Waals surface area contributed by atoms with Crippen molar-refractivity contribution < 1.29 is 12.8 Å². The molecule has 0 spiro atoms. The van der Waals surface area contributed by atoms with E-state index in [1.165, 1.54) is 19.4 Å². The monoisotopic (exact) mass is 359 g/mol. The summed E-state index contributed by atoms with van der Waals surface area (Å²) in [6.07, 6.45) is 2.95. The molecule has 1 aromatic carbocycles. The summed E-state index contributed by atoms with van der Waals surface area (Å²) in [5.74, 6) is -0.618. The molecule has 106 valence electrons. The van der Waals surface area contributed by atoms with E-state index >= 15 is 0 Å². The van der Waals surface area contributed by atoms with Crippen molar-refractivity contribution in [3.05, 3.63) is 46.9 Å². The molecule has 1 heterocycles. The Morgan fingerprint density at radius 1 is 1.30 bits per heavy atom. The fraction of sp³-hybridized carbons (Fsp3) is 0.0833. The highest BCUT2D eigenvalue weighted by atomic mass is 79.9. The Balaban J connectivity index is 2.54. The number of nitrogens with zero attached hydrogens (tertiary/aromatic N) is 2. The van der Waals surface area contributed by atoms with Crippen LogP contribution in [-0.2, 0) is 10.0 Å². The molecule has 20 heavy (non-hydrogen) atoms. The molecule has 0 amide bonds. The number of nitrogen functional groups attached to an aromatic ring is 1. The Bertz CT molecular complexity index is 738. The van der Waals surface area contributed by atoms with Crippen LogP contribution in [0.1, 0.15) is 0 Å². The zero-order valence-electron chi connectivity index (χ0n) is 10.4. The van der Waals surface area contributed by atoms with E-state index in [1.54, 1.807) is 12.1 Å². The minimum atomic E-state index is -3.88. The van der Waals surface area contributed by atoms with Crippen LogP contribution in [-0.4, -0.2) is 20.4 Å². The Morgan fingerprint density at radius 3 is 2.50 bits per heavy atom. The highest BCUT2D eigenvalue weighted by Crippen LogP contribution is 2.29. The molecule has 0 aliphatic carbocycles. The van der Waals surface area contributed by atoms with Gasteiger partial charge in [-0.3, -0.25) is 9.29 Å². The van der Waals surface area contributed by atoms with Gasteiger partial charge in [0, 0.05) is 19.4 Å². The molecule has 0 fully saturated rings. The summed E-state index contributed by atoms with van der Waals surface area (Å²) >= 11 is 2.95. The maximum atomic E-state index is 13.3. The minimum absolute atomic E-state index is 0.0356. The molecule has 0 atom stereocenters. The molecule has 0 aliphatic heterocycles. The van der Waals surface area contributed by atoms with Crippen molar-refractivity contribution in [2.75, 3.05) is 17.1 Å². The van der Waals surface area contributed by atoms with Crippen molar-refractivity contribution in [2.24, 2.45) is 0 Å². The molecule has 5 nitrogen and oxygen atoms in total. The van der Waals surface area contributed by atoms with Crippen molar-refractivity contribution in [3.63, 3.8) is 0 Å². The van der Waals surface area contributed by atoms with Crippen molar-refractivity contribution in [2.45, 2.75) is 4.90 Å². The van der Waals surface area contributed by atoms with Gasteiger partial charge in [0.15, 0.2) is 0 Å². The third-order valence-corrected chi connectivity index (χ3v) is 5.17. The van der Waals surface area contributed by atoms with Gasteiger partial charge >= 0.3 is 0 Å². The average Bonchev–Trinajstić information content (AvgIpc) is 2.42. The standard InChI is InChI=1S/C12H11BrFN3O2S/c1-17(8-2-4-16-5-3-8)20(18,19)12-6-9(13)10(14)7-11(12)15/h2-7H,15H2,1H3. The fourth-order valence-corrected chi connectivity index (χ4v) is 3.42. The Morgan fingerprint density at radius 2 is 1.90 bits per heavy atom. The third kappa shape index (κ3) is 2.61. The predicted octanol–water partition coefficient (Wildman–Crippen LogP) is 2.39. The molecule has 0 saturated heterocycles. The molecule has 0 radical (unpaired) electrons. The lowest BCUT2D eigenvalue weighted by atomic mass is 10.3. The van der Waals surface area contributed by atoms with E-state index in [0.717, 1.165) is 16.4 Å². The first-order valence-corrected chi connectivity index (χ1v) is 7.71. The van der Waals surface area contributed by atoms with Gasteiger partial charge in [0.1, 0.15) is 10.7 Å². The number of rotatable bonds is 3. The van der Waals surface area contributed by atoms with Crippen LogP contribution in [0.25, 0.3) is 0 Å². The van der Waals surface area contributed by atoms with Crippen LogP contribution in [0.15, 0.2) is 46.0 Å². The largest absolute Gasteiger partial charge is 0.398 e. The topological polar surface area (TPSA) is 76.3 Å². The van der Waals surface area contributed by atoms with Crippen LogP contribution < -0.4 is 10.0 Å². The quantitative estimate of drug-likeness (QED) is 0.853. The van der Waals surface area contributed by atoms with Crippen molar-refractivity contribution >= 4 is 37.3 Å². The van der Waals surface area contributed by atoms with Gasteiger partial charge in [-0.2, -0.15) is 0 Å². The van der Waals surface area contributed by atoms with E-state index in [-0.39, 0.29) is 15.1 Å². The average molecular weight is 360 g/mol. The van der Waals surface area contributed by atoms with E-state index in [4.69, 9.17) is 5.73 Å². The number of halogens is 2. The second kappa shape index (κ2) is 5.37. The number of hydrogen-bond donors (Lipinski definition) is 1. The van der Waals surface area contributed by atoms with E-state index in [1.807, 2.05) is 0 Å². The van der Waals surface area contributed by atoms with Gasteiger partial charge in [0.05, 0.1) is 15.8 Å². The van der Waals surface area contributed by atoms with Gasteiger partial charge in [-0.15, -0.1) is 0 Å². The summed E-state index contributed by atoms with van der Waals surface area (Å²) in [7, 11) is -2.49. The zero-order chi connectivity index (χ0) is 14.9. The van der Waals surface area contributed by atoms with Crippen LogP contribution in [0.5, 0.6) is 0 Å². The number of benzene rings is 1. The van der Waals surface area contributed by atoms with Crippen LogP contribution >= 0.6 is 15.9 Å². The van der Waals surface area contributed by atoms with Crippen LogP contribution in [0, 0.1) is 5.82 Å². The number of sulfonamides is 1. The lowest BCUT2D eigenvalue weighted by Gasteiger charge is -2.20. The first-order valence-electron chi connectivity index (χ1n) is 5.47. The highest BCUT2D eigenvalue weighted by molar-refractivity contribution is 9.10. The molecule has 2 aromatic rings. The minimum Gasteiger partial charge on any atom is -0.398 e. The van der Waals surface area contributed by atoms with Crippen LogP contribution in [0.3, 0.4) is 0 Å². The first-order chi connectivity index (χ1) is 9.34. The number of aromatic nitrogens is 1. The van der Waals surface area contributed by atoms with E-state index in [2.05, 4.69) is 20.9 Å². The molecule has 0 aliphatic rings. The molecule has 0 unspecified atom stereocenters. The van der Waals surface area contributed by atoms with Gasteiger partial charge in [-0.05, 0) is 40.2 Å². The number of nitrogens with two attached hydrogens (primary N) is 1. The SMILES string of the molecule is CN(c1ccncc1)S(=O)(=O)c1cc(Br)c(F)cc1N. The van der Waals surface area contributed by atoms with E-state index in [9.17, 15) is 12.8 Å². The Kier molecular flexibility index (Phi) is 3.96. The van der Waals surface area contributed by atoms with Gasteiger partial charge in [0.25, 0.3) is 10.0 Å². The van der Waals surface area contributed by atoms with E-state index in [0.29, 0.717) is 5.69 Å². The van der Waals surface area contributed by atoms with Gasteiger partial charge in [0.2, 0.25) is 0 Å². The molecule has 0 bridgehead atoms. The van der Waals surface area contributed by atoms with E-state index < -0.39 is 15.8 Å². The maximum Gasteiger partial charge on any atom is 0.266 e. The fourth-order valence-electron chi connectivity index (χ4n) is 1.61. The first kappa shape index (κ1) is 14.7. The molecule has 0 saturated carbocycles. The lowest BCUT2D eigenvalue weighted by molar-refractivity contribution is 0.593. The Labute approximate surface area is 124 Å². The Hall–Kier alpha value is -1.67. The number of anilines is 2. The summed E-state index contributed by atoms with van der Waals surface area (Å²) in [5, 5.41) is 0. The summed E-state index contributed by atoms with van der Waals surface area (Å²) in [5.41, 5.74) is 5.90. The molecule has 8 heteroatoms. The zero-order valence-corrected chi connectivity index (χ0v) is 12.8. The summed E-state index contributed by atoms with van der Waals surface area (Å²) in [4.78, 5) is 3.66. The molecule has 1 aromatic heterocycles. The second-order valence-corrected chi connectivity index (χ2v) is 6.77. The van der Waals surface area contributed by atoms with Gasteiger partial charge in [-0.1, -0.05) is 0 Å². The van der Waals surface area contributed by atoms with Crippen molar-refractivity contribution in [1.82, 2.24) is 4.98 Å². The van der Waals surface area contributed by atoms with Crippen molar-refractivity contribution in [3.8, 4) is 0 Å². The third-order valence-electron chi connectivity index (χ3n) is 2.72. The highest BCUT2D eigenvalue weighted by Gasteiger charge is 2.25. The summed E-state index contributed by atoms with van der Waals surface area (Å²) < 4.78 is 39.4. The summed E-state index contributed by atoms with van der Waals surface area (Å²) in [6, 6.07) is 5.22. The predicted molar refractivity (Wildman–Crippen MR) is 78.3 cm³/mol. The van der Waals surface area contributed by atoms with Crippen LogP contribution in [0.4, 0.5) is 15.8 Å². The number of hydrogen-bond acceptors (Lipinski definition) is 4. The molecule has 2 rings (SSSR count). The van der Waals surface area contributed by atoms with Crippen LogP contribution in [0.2, 0.25) is 0 Å². The second-order valence-electron chi connectivity index (χ2n) is 3.98. The summed E-state index contributed by atoms with van der Waals surface area (Å²) in [6.45, 7) is 0. The van der Waals surface area contributed by atoms with Gasteiger partial charge < -0.3 is 5.73 Å². The molecule has 2 N–H and O–H groups in total.